The molecule has 0 atom stereocenters. The summed E-state index contributed by atoms with van der Waals surface area (Å²) in [6.07, 6.45) is -3.33. The molecule has 0 saturated heterocycles. The van der Waals surface area contributed by atoms with Gasteiger partial charge in [0.1, 0.15) is 5.75 Å². The van der Waals surface area contributed by atoms with Crippen molar-refractivity contribution in [2.24, 2.45) is 0 Å². The third-order valence-corrected chi connectivity index (χ3v) is 6.24. The van der Waals surface area contributed by atoms with Crippen LogP contribution in [0.3, 0.4) is 0 Å². The minimum atomic E-state index is -4.86. The van der Waals surface area contributed by atoms with E-state index in [1.807, 2.05) is 0 Å². The van der Waals surface area contributed by atoms with Crippen molar-refractivity contribution in [3.05, 3.63) is 58.1 Å². The SMILES string of the molecule is O=C(NCc1ccccc1OC(F)(F)F)c1cc(S(=O)(=O)NC2CC2)ccc1Br. The third-order valence-electron chi connectivity index (χ3n) is 4.03. The number of benzene rings is 2. The highest BCUT2D eigenvalue weighted by molar-refractivity contribution is 9.10. The lowest BCUT2D eigenvalue weighted by molar-refractivity contribution is -0.274. The number of amides is 1. The number of hydrogen-bond donors (Lipinski definition) is 2. The van der Waals surface area contributed by atoms with E-state index in [9.17, 15) is 26.4 Å². The van der Waals surface area contributed by atoms with Gasteiger partial charge in [-0.1, -0.05) is 18.2 Å². The zero-order valence-corrected chi connectivity index (χ0v) is 17.2. The average Bonchev–Trinajstić information content (AvgIpc) is 3.43. The second-order valence-electron chi connectivity index (χ2n) is 6.38. The number of sulfonamides is 1. The highest BCUT2D eigenvalue weighted by atomic mass is 79.9. The summed E-state index contributed by atoms with van der Waals surface area (Å²) < 4.78 is 69.0. The summed E-state index contributed by atoms with van der Waals surface area (Å²) in [5.74, 6) is -1.08. The van der Waals surface area contributed by atoms with Gasteiger partial charge in [0.25, 0.3) is 5.91 Å². The number of hydrogen-bond acceptors (Lipinski definition) is 4. The maximum Gasteiger partial charge on any atom is 0.573 e. The standard InChI is InChI=1S/C18H16BrF3N2O4S/c19-15-8-7-13(29(26,27)24-12-5-6-12)9-14(15)17(25)23-10-11-3-1-2-4-16(11)28-18(20,21)22/h1-4,7-9,12,24H,5-6,10H2,(H,23,25). The fourth-order valence-corrected chi connectivity index (χ4v) is 4.24. The Morgan fingerprint density at radius 1 is 1.17 bits per heavy atom. The summed E-state index contributed by atoms with van der Waals surface area (Å²) in [5, 5.41) is 2.48. The minimum Gasteiger partial charge on any atom is -0.405 e. The highest BCUT2D eigenvalue weighted by Crippen LogP contribution is 2.27. The van der Waals surface area contributed by atoms with Crippen LogP contribution in [0.1, 0.15) is 28.8 Å². The molecule has 1 aliphatic carbocycles. The molecule has 0 unspecified atom stereocenters. The first-order valence-electron chi connectivity index (χ1n) is 8.49. The topological polar surface area (TPSA) is 84.5 Å². The number of carbonyl (C=O) groups is 1. The second-order valence-corrected chi connectivity index (χ2v) is 8.94. The van der Waals surface area contributed by atoms with E-state index in [0.717, 1.165) is 18.9 Å². The average molecular weight is 493 g/mol. The van der Waals surface area contributed by atoms with Crippen LogP contribution in [-0.4, -0.2) is 26.7 Å². The summed E-state index contributed by atoms with van der Waals surface area (Å²) in [4.78, 5) is 12.5. The number of carbonyl (C=O) groups excluding carboxylic acids is 1. The zero-order valence-electron chi connectivity index (χ0n) is 14.8. The van der Waals surface area contributed by atoms with Crippen molar-refractivity contribution in [1.29, 1.82) is 0 Å². The Kier molecular flexibility index (Phi) is 6.20. The molecule has 2 aromatic rings. The fraction of sp³-hybridized carbons (Fsp3) is 0.278. The van der Waals surface area contributed by atoms with Gasteiger partial charge in [-0.25, -0.2) is 13.1 Å². The molecular formula is C18H16BrF3N2O4S. The van der Waals surface area contributed by atoms with Gasteiger partial charge in [0.15, 0.2) is 0 Å². The Labute approximate surface area is 173 Å². The van der Waals surface area contributed by atoms with Crippen molar-refractivity contribution >= 4 is 31.9 Å². The molecular weight excluding hydrogens is 477 g/mol. The van der Waals surface area contributed by atoms with Crippen molar-refractivity contribution in [1.82, 2.24) is 10.0 Å². The molecule has 6 nitrogen and oxygen atoms in total. The molecule has 0 heterocycles. The summed E-state index contributed by atoms with van der Waals surface area (Å²) in [6.45, 7) is -0.241. The normalized spacial score (nSPS) is 14.5. The van der Waals surface area contributed by atoms with Gasteiger partial charge in [-0.3, -0.25) is 4.79 Å². The molecule has 0 aromatic heterocycles. The van der Waals surface area contributed by atoms with Gasteiger partial charge in [0.2, 0.25) is 10.0 Å². The molecule has 29 heavy (non-hydrogen) atoms. The minimum absolute atomic E-state index is 0.0397. The lowest BCUT2D eigenvalue weighted by atomic mass is 10.1. The van der Waals surface area contributed by atoms with Crippen LogP contribution in [0.15, 0.2) is 51.8 Å². The highest BCUT2D eigenvalue weighted by Gasteiger charge is 2.32. The van der Waals surface area contributed by atoms with Crippen molar-refractivity contribution in [2.45, 2.75) is 36.7 Å². The Bertz CT molecular complexity index is 1020. The van der Waals surface area contributed by atoms with E-state index in [1.54, 1.807) is 0 Å². The van der Waals surface area contributed by atoms with Gasteiger partial charge >= 0.3 is 6.36 Å². The second kappa shape index (κ2) is 8.33. The molecule has 2 N–H and O–H groups in total. The molecule has 1 aliphatic rings. The lowest BCUT2D eigenvalue weighted by Crippen LogP contribution is -2.27. The summed E-state index contributed by atoms with van der Waals surface area (Å²) in [7, 11) is -3.76. The van der Waals surface area contributed by atoms with Crippen LogP contribution in [0.25, 0.3) is 0 Å². The first kappa shape index (κ1) is 21.6. The molecule has 2 aromatic carbocycles. The molecule has 3 rings (SSSR count). The van der Waals surface area contributed by atoms with E-state index in [4.69, 9.17) is 0 Å². The Morgan fingerprint density at radius 3 is 2.52 bits per heavy atom. The van der Waals surface area contributed by atoms with Gasteiger partial charge in [-0.2, -0.15) is 0 Å². The summed E-state index contributed by atoms with van der Waals surface area (Å²) >= 11 is 3.19. The lowest BCUT2D eigenvalue weighted by Gasteiger charge is -2.14. The quantitative estimate of drug-likeness (QED) is 0.616. The van der Waals surface area contributed by atoms with Crippen molar-refractivity contribution in [2.75, 3.05) is 0 Å². The van der Waals surface area contributed by atoms with Crippen LogP contribution in [0.4, 0.5) is 13.2 Å². The molecule has 0 spiro atoms. The van der Waals surface area contributed by atoms with Gasteiger partial charge < -0.3 is 10.1 Å². The maximum absolute atomic E-state index is 12.5. The molecule has 0 aliphatic heterocycles. The fourth-order valence-electron chi connectivity index (χ4n) is 2.48. The van der Waals surface area contributed by atoms with Gasteiger partial charge in [0, 0.05) is 22.6 Å². The van der Waals surface area contributed by atoms with Crippen LogP contribution >= 0.6 is 15.9 Å². The van der Waals surface area contributed by atoms with Gasteiger partial charge in [-0.15, -0.1) is 13.2 Å². The Morgan fingerprint density at radius 2 is 1.86 bits per heavy atom. The van der Waals surface area contributed by atoms with Crippen LogP contribution < -0.4 is 14.8 Å². The van der Waals surface area contributed by atoms with E-state index in [2.05, 4.69) is 30.7 Å². The predicted octanol–water partition coefficient (Wildman–Crippen LogP) is 3.72. The number of nitrogens with one attached hydrogen (secondary N) is 2. The Balaban J connectivity index is 1.75. The van der Waals surface area contributed by atoms with Crippen LogP contribution in [0.2, 0.25) is 0 Å². The van der Waals surface area contributed by atoms with E-state index in [-0.39, 0.29) is 28.6 Å². The number of rotatable bonds is 7. The summed E-state index contributed by atoms with van der Waals surface area (Å²) in [5.41, 5.74) is 0.159. The first-order chi connectivity index (χ1) is 13.5. The number of ether oxygens (including phenoxy) is 1. The van der Waals surface area contributed by atoms with E-state index >= 15 is 0 Å². The van der Waals surface area contributed by atoms with Crippen LogP contribution in [0.5, 0.6) is 5.75 Å². The summed E-state index contributed by atoms with van der Waals surface area (Å²) in [6, 6.07) is 9.32. The monoisotopic (exact) mass is 492 g/mol. The first-order valence-corrected chi connectivity index (χ1v) is 10.8. The van der Waals surface area contributed by atoms with Crippen LogP contribution in [0, 0.1) is 0 Å². The Hall–Kier alpha value is -2.11. The van der Waals surface area contributed by atoms with Gasteiger partial charge in [0.05, 0.1) is 10.5 Å². The largest absolute Gasteiger partial charge is 0.573 e. The zero-order chi connectivity index (χ0) is 21.2. The molecule has 1 amide bonds. The van der Waals surface area contributed by atoms with E-state index in [1.165, 1.54) is 36.4 Å². The molecule has 0 radical (unpaired) electrons. The molecule has 11 heteroatoms. The molecule has 1 fully saturated rings. The number of para-hydroxylation sites is 1. The van der Waals surface area contributed by atoms with E-state index in [0.29, 0.717) is 4.47 Å². The third kappa shape index (κ3) is 5.94. The van der Waals surface area contributed by atoms with Crippen LogP contribution in [-0.2, 0) is 16.6 Å². The van der Waals surface area contributed by atoms with Crippen molar-refractivity contribution < 1.29 is 31.1 Å². The molecule has 1 saturated carbocycles. The maximum atomic E-state index is 12.5. The number of alkyl halides is 3. The van der Waals surface area contributed by atoms with E-state index < -0.39 is 28.0 Å². The molecule has 0 bridgehead atoms. The molecule has 156 valence electrons. The number of halogens is 4. The van der Waals surface area contributed by atoms with Crippen molar-refractivity contribution in [3.63, 3.8) is 0 Å². The van der Waals surface area contributed by atoms with Crippen molar-refractivity contribution in [3.8, 4) is 5.75 Å². The van der Waals surface area contributed by atoms with Gasteiger partial charge in [-0.05, 0) is 53.0 Å². The smallest absolute Gasteiger partial charge is 0.405 e. The predicted molar refractivity (Wildman–Crippen MR) is 102 cm³/mol.